The Bertz CT molecular complexity index is 410. The number of benzene rings is 1. The van der Waals surface area contributed by atoms with Crippen molar-refractivity contribution in [2.24, 2.45) is 0 Å². The molecule has 0 heterocycles. The van der Waals surface area contributed by atoms with E-state index >= 15 is 0 Å². The number of esters is 1. The molecule has 0 radical (unpaired) electrons. The third-order valence-electron chi connectivity index (χ3n) is 2.96. The lowest BCUT2D eigenvalue weighted by molar-refractivity contribution is -0.140. The highest BCUT2D eigenvalue weighted by atomic mass is 16.5. The van der Waals surface area contributed by atoms with Crippen LogP contribution in [0.5, 0.6) is 0 Å². The number of unbranched alkanes of at least 4 members (excludes halogenated alkanes) is 1. The second-order valence-corrected chi connectivity index (χ2v) is 4.22. The summed E-state index contributed by atoms with van der Waals surface area (Å²) in [6.45, 7) is 2.05. The molecule has 0 spiro atoms. The van der Waals surface area contributed by atoms with Crippen LogP contribution < -0.4 is 0 Å². The summed E-state index contributed by atoms with van der Waals surface area (Å²) in [6.07, 6.45) is 3.18. The van der Waals surface area contributed by atoms with Gasteiger partial charge in [-0.25, -0.2) is 0 Å². The average Bonchev–Trinajstić information content (AvgIpc) is 2.42. The number of methoxy groups -OCH3 is 1. The molecule has 1 aromatic rings. The molecule has 98 valence electrons. The molecule has 0 bridgehead atoms. The number of aryl methyl sites for hydroxylation is 1. The molecule has 0 fully saturated rings. The molecule has 1 aromatic carbocycles. The summed E-state index contributed by atoms with van der Waals surface area (Å²) in [5.74, 6) is -0.0475. The number of rotatable bonds is 7. The number of ketones is 1. The minimum atomic E-state index is -0.212. The predicted octanol–water partition coefficient (Wildman–Crippen LogP) is 3.17. The lowest BCUT2D eigenvalue weighted by Gasteiger charge is -2.06. The summed E-state index contributed by atoms with van der Waals surface area (Å²) in [4.78, 5) is 22.9. The van der Waals surface area contributed by atoms with Gasteiger partial charge in [0.1, 0.15) is 0 Å². The van der Waals surface area contributed by atoms with E-state index in [1.54, 1.807) is 0 Å². The van der Waals surface area contributed by atoms with E-state index in [0.29, 0.717) is 19.3 Å². The highest BCUT2D eigenvalue weighted by Crippen LogP contribution is 2.14. The monoisotopic (exact) mass is 248 g/mol. The largest absolute Gasteiger partial charge is 0.469 e. The molecule has 0 saturated heterocycles. The Morgan fingerprint density at radius 1 is 1.11 bits per heavy atom. The summed E-state index contributed by atoms with van der Waals surface area (Å²) < 4.78 is 4.55. The van der Waals surface area contributed by atoms with Crippen LogP contribution in [0.15, 0.2) is 24.3 Å². The van der Waals surface area contributed by atoms with Crippen molar-refractivity contribution in [3.8, 4) is 0 Å². The van der Waals surface area contributed by atoms with E-state index in [4.69, 9.17) is 0 Å². The summed E-state index contributed by atoms with van der Waals surface area (Å²) in [5, 5.41) is 0. The maximum absolute atomic E-state index is 12.0. The van der Waals surface area contributed by atoms with E-state index < -0.39 is 0 Å². The molecular formula is C15H20O3. The second-order valence-electron chi connectivity index (χ2n) is 4.22. The van der Waals surface area contributed by atoms with Crippen LogP contribution in [0.3, 0.4) is 0 Å². The number of hydrogen-bond acceptors (Lipinski definition) is 3. The molecule has 0 aromatic heterocycles. The van der Waals surface area contributed by atoms with Crippen molar-refractivity contribution in [3.05, 3.63) is 35.4 Å². The quantitative estimate of drug-likeness (QED) is 0.423. The molecule has 1 rings (SSSR count). The first-order valence-electron chi connectivity index (χ1n) is 6.37. The van der Waals surface area contributed by atoms with Crippen molar-refractivity contribution >= 4 is 11.8 Å². The van der Waals surface area contributed by atoms with Gasteiger partial charge in [0, 0.05) is 18.4 Å². The Balaban J connectivity index is 2.43. The third kappa shape index (κ3) is 4.32. The van der Waals surface area contributed by atoms with E-state index in [1.165, 1.54) is 7.11 Å². The van der Waals surface area contributed by atoms with Crippen LogP contribution in [-0.2, 0) is 16.0 Å². The smallest absolute Gasteiger partial charge is 0.305 e. The Morgan fingerprint density at radius 3 is 2.44 bits per heavy atom. The highest BCUT2D eigenvalue weighted by Gasteiger charge is 2.09. The highest BCUT2D eigenvalue weighted by molar-refractivity contribution is 5.97. The van der Waals surface area contributed by atoms with Gasteiger partial charge in [0.05, 0.1) is 7.11 Å². The fraction of sp³-hybridized carbons (Fsp3) is 0.467. The molecule has 0 amide bonds. The molecule has 0 saturated carbocycles. The van der Waals surface area contributed by atoms with E-state index in [2.05, 4.69) is 4.74 Å². The van der Waals surface area contributed by atoms with Crippen LogP contribution in [0.2, 0.25) is 0 Å². The van der Waals surface area contributed by atoms with Gasteiger partial charge in [-0.2, -0.15) is 0 Å². The van der Waals surface area contributed by atoms with Crippen LogP contribution in [-0.4, -0.2) is 18.9 Å². The van der Waals surface area contributed by atoms with Crippen molar-refractivity contribution in [2.75, 3.05) is 7.11 Å². The van der Waals surface area contributed by atoms with Gasteiger partial charge in [-0.1, -0.05) is 31.2 Å². The topological polar surface area (TPSA) is 43.4 Å². The molecule has 0 N–H and O–H groups in total. The Morgan fingerprint density at radius 2 is 1.78 bits per heavy atom. The summed E-state index contributed by atoms with van der Waals surface area (Å²) in [5.41, 5.74) is 1.91. The maximum Gasteiger partial charge on any atom is 0.305 e. The third-order valence-corrected chi connectivity index (χ3v) is 2.96. The lowest BCUT2D eigenvalue weighted by atomic mass is 9.98. The van der Waals surface area contributed by atoms with Gasteiger partial charge >= 0.3 is 5.97 Å². The molecule has 0 aliphatic carbocycles. The number of hydrogen-bond donors (Lipinski definition) is 0. The van der Waals surface area contributed by atoms with E-state index in [9.17, 15) is 9.59 Å². The first-order valence-corrected chi connectivity index (χ1v) is 6.37. The number of carbonyl (C=O) groups is 2. The lowest BCUT2D eigenvalue weighted by Crippen LogP contribution is -2.04. The predicted molar refractivity (Wildman–Crippen MR) is 70.6 cm³/mol. The van der Waals surface area contributed by atoms with Crippen molar-refractivity contribution < 1.29 is 14.3 Å². The van der Waals surface area contributed by atoms with Crippen LogP contribution in [0, 0.1) is 0 Å². The maximum atomic E-state index is 12.0. The van der Waals surface area contributed by atoms with Gasteiger partial charge in [-0.15, -0.1) is 0 Å². The molecule has 0 atom stereocenters. The first kappa shape index (κ1) is 14.4. The van der Waals surface area contributed by atoms with Crippen molar-refractivity contribution in [2.45, 2.75) is 39.0 Å². The van der Waals surface area contributed by atoms with Gasteiger partial charge in [-0.3, -0.25) is 9.59 Å². The second kappa shape index (κ2) is 7.64. The molecule has 3 nitrogen and oxygen atoms in total. The van der Waals surface area contributed by atoms with Crippen molar-refractivity contribution in [3.63, 3.8) is 0 Å². The zero-order chi connectivity index (χ0) is 13.4. The minimum absolute atomic E-state index is 0.164. The van der Waals surface area contributed by atoms with Gasteiger partial charge in [0.2, 0.25) is 0 Å². The Hall–Kier alpha value is -1.64. The summed E-state index contributed by atoms with van der Waals surface area (Å²) in [7, 11) is 1.38. The standard InChI is InChI=1S/C15H20O3/c1-3-12-8-4-5-9-13(12)14(16)10-6-7-11-15(17)18-2/h4-5,8-9H,3,6-7,10-11H2,1-2H3. The van der Waals surface area contributed by atoms with Crippen LogP contribution in [0.1, 0.15) is 48.5 Å². The number of carbonyl (C=O) groups excluding carboxylic acids is 2. The van der Waals surface area contributed by atoms with Crippen LogP contribution >= 0.6 is 0 Å². The zero-order valence-electron chi connectivity index (χ0n) is 11.1. The van der Waals surface area contributed by atoms with Crippen molar-refractivity contribution in [1.82, 2.24) is 0 Å². The molecule has 0 aliphatic rings. The molecule has 18 heavy (non-hydrogen) atoms. The van der Waals surface area contributed by atoms with Gasteiger partial charge in [-0.05, 0) is 24.8 Å². The molecular weight excluding hydrogens is 228 g/mol. The van der Waals surface area contributed by atoms with E-state index in [1.807, 2.05) is 31.2 Å². The average molecular weight is 248 g/mol. The normalized spacial score (nSPS) is 10.1. The Labute approximate surface area is 108 Å². The fourth-order valence-electron chi connectivity index (χ4n) is 1.89. The van der Waals surface area contributed by atoms with Crippen LogP contribution in [0.4, 0.5) is 0 Å². The molecule has 0 aliphatic heterocycles. The summed E-state index contributed by atoms with van der Waals surface area (Å²) >= 11 is 0. The first-order chi connectivity index (χ1) is 8.69. The zero-order valence-corrected chi connectivity index (χ0v) is 11.1. The summed E-state index contributed by atoms with van der Waals surface area (Å²) in [6, 6.07) is 7.71. The Kier molecular flexibility index (Phi) is 6.12. The van der Waals surface area contributed by atoms with E-state index in [-0.39, 0.29) is 11.8 Å². The SMILES string of the molecule is CCc1ccccc1C(=O)CCCCC(=O)OC. The van der Waals surface area contributed by atoms with Gasteiger partial charge < -0.3 is 4.74 Å². The van der Waals surface area contributed by atoms with Crippen molar-refractivity contribution in [1.29, 1.82) is 0 Å². The fourth-order valence-corrected chi connectivity index (χ4v) is 1.89. The van der Waals surface area contributed by atoms with Crippen LogP contribution in [0.25, 0.3) is 0 Å². The molecule has 0 unspecified atom stereocenters. The van der Waals surface area contributed by atoms with Gasteiger partial charge in [0.15, 0.2) is 5.78 Å². The number of ether oxygens (including phenoxy) is 1. The number of Topliss-reactive ketones (excluding diaryl/α,β-unsaturated/α-hetero) is 1. The van der Waals surface area contributed by atoms with E-state index in [0.717, 1.165) is 24.0 Å². The minimum Gasteiger partial charge on any atom is -0.469 e. The van der Waals surface area contributed by atoms with Gasteiger partial charge in [0.25, 0.3) is 0 Å². The molecule has 3 heteroatoms.